The maximum absolute atomic E-state index is 12.4. The number of aromatic nitrogens is 2. The van der Waals surface area contributed by atoms with Crippen LogP contribution in [-0.2, 0) is 0 Å². The van der Waals surface area contributed by atoms with Crippen molar-refractivity contribution in [3.63, 3.8) is 0 Å². The number of hydrogen-bond acceptors (Lipinski definition) is 4. The van der Waals surface area contributed by atoms with Crippen LogP contribution >= 0.6 is 23.2 Å². The van der Waals surface area contributed by atoms with Crippen molar-refractivity contribution in [2.24, 2.45) is 0 Å². The first-order valence-corrected chi connectivity index (χ1v) is 7.95. The molecule has 2 rings (SSSR count). The molecule has 2 aromatic rings. The van der Waals surface area contributed by atoms with Gasteiger partial charge in [-0.1, -0.05) is 29.3 Å². The summed E-state index contributed by atoms with van der Waals surface area (Å²) in [6.45, 7) is 2.51. The summed E-state index contributed by atoms with van der Waals surface area (Å²) >= 11 is 12.2. The number of rotatable bonds is 6. The Hall–Kier alpha value is -2.03. The lowest BCUT2D eigenvalue weighted by Gasteiger charge is -2.10. The lowest BCUT2D eigenvalue weighted by Crippen LogP contribution is -2.23. The molecule has 0 spiro atoms. The molecule has 1 N–H and O–H groups in total. The first-order chi connectivity index (χ1) is 11.0. The first-order valence-electron chi connectivity index (χ1n) is 7.19. The van der Waals surface area contributed by atoms with Gasteiger partial charge in [0, 0.05) is 18.0 Å². The van der Waals surface area contributed by atoms with Crippen LogP contribution in [0.4, 0.5) is 5.69 Å². The van der Waals surface area contributed by atoms with Gasteiger partial charge in [0.25, 0.3) is 5.56 Å². The molecule has 0 saturated carbocycles. The van der Waals surface area contributed by atoms with Crippen LogP contribution in [0.3, 0.4) is 0 Å². The van der Waals surface area contributed by atoms with Crippen LogP contribution in [0.1, 0.15) is 24.8 Å². The van der Waals surface area contributed by atoms with Gasteiger partial charge in [-0.2, -0.15) is 15.0 Å². The van der Waals surface area contributed by atoms with Crippen LogP contribution in [-0.4, -0.2) is 16.3 Å². The summed E-state index contributed by atoms with van der Waals surface area (Å²) in [5, 5.41) is 16.3. The van der Waals surface area contributed by atoms with Gasteiger partial charge in [0.2, 0.25) is 0 Å². The average molecular weight is 351 g/mol. The second-order valence-electron chi connectivity index (χ2n) is 5.06. The van der Waals surface area contributed by atoms with Gasteiger partial charge in [-0.05, 0) is 37.5 Å². The second-order valence-corrected chi connectivity index (χ2v) is 5.85. The predicted molar refractivity (Wildman–Crippen MR) is 92.5 cm³/mol. The van der Waals surface area contributed by atoms with Crippen molar-refractivity contribution >= 4 is 28.9 Å². The minimum Gasteiger partial charge on any atom is -0.382 e. The van der Waals surface area contributed by atoms with E-state index in [-0.39, 0.29) is 5.02 Å². The minimum absolute atomic E-state index is 0.0805. The highest BCUT2D eigenvalue weighted by Crippen LogP contribution is 2.20. The van der Waals surface area contributed by atoms with E-state index in [1.807, 2.05) is 13.0 Å². The summed E-state index contributed by atoms with van der Waals surface area (Å²) in [5.41, 5.74) is 1.56. The van der Waals surface area contributed by atoms with Crippen molar-refractivity contribution in [3.05, 3.63) is 50.4 Å². The zero-order valence-corrected chi connectivity index (χ0v) is 14.2. The molecule has 23 heavy (non-hydrogen) atoms. The number of benzene rings is 1. The van der Waals surface area contributed by atoms with E-state index in [0.29, 0.717) is 29.4 Å². The fourth-order valence-electron chi connectivity index (χ4n) is 2.01. The molecule has 1 heterocycles. The highest BCUT2D eigenvalue weighted by Gasteiger charge is 2.11. The average Bonchev–Trinajstić information content (AvgIpc) is 2.54. The number of hydrogen-bond donors (Lipinski definition) is 1. The number of nitrogens with one attached hydrogen (secondary N) is 1. The number of aryl methyl sites for hydroxylation is 1. The molecule has 0 fully saturated rings. The van der Waals surface area contributed by atoms with Crippen LogP contribution in [0.2, 0.25) is 10.0 Å². The molecule has 0 aliphatic rings. The topological polar surface area (TPSA) is 70.7 Å². The number of nitriles is 1. The zero-order valence-electron chi connectivity index (χ0n) is 12.6. The number of anilines is 1. The van der Waals surface area contributed by atoms with Crippen molar-refractivity contribution < 1.29 is 0 Å². The Balaban J connectivity index is 2.19. The third kappa shape index (κ3) is 4.25. The minimum atomic E-state index is -0.409. The second kappa shape index (κ2) is 8.00. The van der Waals surface area contributed by atoms with Gasteiger partial charge in [0.15, 0.2) is 0 Å². The van der Waals surface area contributed by atoms with Crippen LogP contribution in [0.15, 0.2) is 29.2 Å². The first kappa shape index (κ1) is 17.3. The van der Waals surface area contributed by atoms with Gasteiger partial charge in [0.1, 0.15) is 5.02 Å². The third-order valence-corrected chi connectivity index (χ3v) is 4.12. The molecule has 120 valence electrons. The molecule has 0 aliphatic heterocycles. The standard InChI is InChI=1S/C16H16Cl2N4O/c1-11-5-6-12(9-13(11)17)22-16(23)15(18)14(10-21-22)20-8-4-2-3-7-19/h5-6,9-10,20H,2-4,8H2,1H3. The van der Waals surface area contributed by atoms with Crippen LogP contribution < -0.4 is 10.9 Å². The summed E-state index contributed by atoms with van der Waals surface area (Å²) < 4.78 is 1.22. The molecule has 7 heteroatoms. The van der Waals surface area contributed by atoms with Crippen LogP contribution in [0.25, 0.3) is 5.69 Å². The Kier molecular flexibility index (Phi) is 6.03. The maximum Gasteiger partial charge on any atom is 0.292 e. The van der Waals surface area contributed by atoms with Gasteiger partial charge < -0.3 is 5.32 Å². The Morgan fingerprint density at radius 3 is 2.83 bits per heavy atom. The zero-order chi connectivity index (χ0) is 16.8. The van der Waals surface area contributed by atoms with Gasteiger partial charge in [-0.25, -0.2) is 0 Å². The smallest absolute Gasteiger partial charge is 0.292 e. The van der Waals surface area contributed by atoms with Crippen LogP contribution in [0.5, 0.6) is 0 Å². The summed E-state index contributed by atoms with van der Waals surface area (Å²) in [4.78, 5) is 12.4. The normalized spacial score (nSPS) is 10.3. The summed E-state index contributed by atoms with van der Waals surface area (Å²) in [6, 6.07) is 7.35. The molecule has 5 nitrogen and oxygen atoms in total. The number of halogens is 2. The van der Waals surface area contributed by atoms with Gasteiger partial charge in [0.05, 0.1) is 23.6 Å². The molecule has 0 unspecified atom stereocenters. The van der Waals surface area contributed by atoms with E-state index < -0.39 is 5.56 Å². The van der Waals surface area contributed by atoms with E-state index in [9.17, 15) is 4.79 Å². The van der Waals surface area contributed by atoms with Crippen LogP contribution in [0, 0.1) is 18.3 Å². The van der Waals surface area contributed by atoms with E-state index in [4.69, 9.17) is 28.5 Å². The molecule has 0 bridgehead atoms. The molecule has 1 aromatic heterocycles. The number of unbranched alkanes of at least 4 members (excludes halogenated alkanes) is 2. The molecule has 0 amide bonds. The molecule has 0 aliphatic carbocycles. The Morgan fingerprint density at radius 1 is 1.35 bits per heavy atom. The summed E-state index contributed by atoms with van der Waals surface area (Å²) in [5.74, 6) is 0. The lowest BCUT2D eigenvalue weighted by molar-refractivity contribution is 0.777. The Labute approximate surface area is 144 Å². The van der Waals surface area contributed by atoms with Gasteiger partial charge in [-0.15, -0.1) is 0 Å². The molecular formula is C16H16Cl2N4O. The fourth-order valence-corrected chi connectivity index (χ4v) is 2.38. The highest BCUT2D eigenvalue weighted by molar-refractivity contribution is 6.33. The monoisotopic (exact) mass is 350 g/mol. The summed E-state index contributed by atoms with van der Waals surface area (Å²) in [6.07, 6.45) is 3.65. The van der Waals surface area contributed by atoms with E-state index in [1.165, 1.54) is 10.9 Å². The van der Waals surface area contributed by atoms with E-state index in [2.05, 4.69) is 16.5 Å². The molecular weight excluding hydrogens is 335 g/mol. The van der Waals surface area contributed by atoms with E-state index in [1.54, 1.807) is 12.1 Å². The van der Waals surface area contributed by atoms with E-state index >= 15 is 0 Å². The lowest BCUT2D eigenvalue weighted by atomic mass is 10.2. The summed E-state index contributed by atoms with van der Waals surface area (Å²) in [7, 11) is 0. The maximum atomic E-state index is 12.4. The largest absolute Gasteiger partial charge is 0.382 e. The van der Waals surface area contributed by atoms with Crippen molar-refractivity contribution in [1.29, 1.82) is 5.26 Å². The quantitative estimate of drug-likeness (QED) is 0.800. The molecule has 1 aromatic carbocycles. The molecule has 0 saturated heterocycles. The van der Waals surface area contributed by atoms with Crippen molar-refractivity contribution in [3.8, 4) is 11.8 Å². The highest BCUT2D eigenvalue weighted by atomic mass is 35.5. The van der Waals surface area contributed by atoms with Gasteiger partial charge >= 0.3 is 0 Å². The van der Waals surface area contributed by atoms with Crippen molar-refractivity contribution in [2.45, 2.75) is 26.2 Å². The Morgan fingerprint density at radius 2 is 2.13 bits per heavy atom. The van der Waals surface area contributed by atoms with Crippen molar-refractivity contribution in [2.75, 3.05) is 11.9 Å². The SMILES string of the molecule is Cc1ccc(-n2ncc(NCCCCC#N)c(Cl)c2=O)cc1Cl. The molecule has 0 atom stereocenters. The number of nitrogens with zero attached hydrogens (tertiary/aromatic N) is 3. The van der Waals surface area contributed by atoms with Crippen molar-refractivity contribution in [1.82, 2.24) is 9.78 Å². The fraction of sp³-hybridized carbons (Fsp3) is 0.312. The van der Waals surface area contributed by atoms with E-state index in [0.717, 1.165) is 18.4 Å². The Bertz CT molecular complexity index is 796. The van der Waals surface area contributed by atoms with Gasteiger partial charge in [-0.3, -0.25) is 4.79 Å². The third-order valence-electron chi connectivity index (χ3n) is 3.35. The predicted octanol–water partition coefficient (Wildman–Crippen LogP) is 3.95. The molecule has 0 radical (unpaired) electrons.